The molecule has 0 heterocycles. The zero-order valence-electron chi connectivity index (χ0n) is 16.7. The number of carbonyl (C=O) groups excluding carboxylic acids is 1. The number of hydrogen-bond donors (Lipinski definition) is 4. The van der Waals surface area contributed by atoms with E-state index < -0.39 is 32.4 Å². The van der Waals surface area contributed by atoms with Crippen molar-refractivity contribution < 1.29 is 33.9 Å². The minimum Gasteiger partial charge on any atom is -0.394 e. The first-order chi connectivity index (χ1) is 12.8. The van der Waals surface area contributed by atoms with Crippen molar-refractivity contribution in [3.05, 3.63) is 0 Å². The summed E-state index contributed by atoms with van der Waals surface area (Å²) >= 11 is 0. The van der Waals surface area contributed by atoms with Crippen LogP contribution in [-0.2, 0) is 13.9 Å². The Balaban J connectivity index is 3.70. The number of aliphatic hydroxyl groups excluding tert-OH is 2. The van der Waals surface area contributed by atoms with Crippen LogP contribution >= 0.6 is 7.82 Å². The molecule has 0 bridgehead atoms. The van der Waals surface area contributed by atoms with Gasteiger partial charge in [0.25, 0.3) is 0 Å². The summed E-state index contributed by atoms with van der Waals surface area (Å²) < 4.78 is 15.2. The summed E-state index contributed by atoms with van der Waals surface area (Å²) in [7, 11) is -4.91. The molecule has 0 aliphatic heterocycles. The number of rotatable bonds is 19. The van der Waals surface area contributed by atoms with E-state index in [4.69, 9.17) is 14.9 Å². The Hall–Kier alpha value is -0.300. The van der Waals surface area contributed by atoms with Crippen LogP contribution in [0.3, 0.4) is 0 Å². The molecule has 2 atom stereocenters. The van der Waals surface area contributed by atoms with Crippen molar-refractivity contribution >= 4 is 13.6 Å². The fourth-order valence-electron chi connectivity index (χ4n) is 3.05. The summed E-state index contributed by atoms with van der Waals surface area (Å²) in [6.45, 7) is 1.43. The Morgan fingerprint density at radius 2 is 1.26 bits per heavy atom. The van der Waals surface area contributed by atoms with Crippen LogP contribution in [0.1, 0.15) is 96.8 Å². The summed E-state index contributed by atoms with van der Waals surface area (Å²) in [5.74, 6) is -0.594. The molecule has 0 saturated carbocycles. The number of unbranched alkanes of at least 4 members (excludes halogenated alkanes) is 12. The van der Waals surface area contributed by atoms with Crippen LogP contribution in [0.4, 0.5) is 0 Å². The Kier molecular flexibility index (Phi) is 16.5. The molecule has 2 unspecified atom stereocenters. The third kappa shape index (κ3) is 16.4. The van der Waals surface area contributed by atoms with Gasteiger partial charge >= 0.3 is 7.82 Å². The van der Waals surface area contributed by atoms with Crippen LogP contribution in [0.25, 0.3) is 0 Å². The maximum atomic E-state index is 12.0. The lowest BCUT2D eigenvalue weighted by atomic mass is 10.0. The zero-order valence-corrected chi connectivity index (χ0v) is 17.6. The molecular formula is C19H39O7P. The molecule has 0 radical (unpaired) electrons. The standard InChI is InChI=1S/C19H39O7P/c1-2-3-4-5-6-7-8-9-10-11-12-13-14-15-17(21)19(18(22)16-20)26-27(23,24)25/h18-20,22H,2-16H2,1H3,(H2,23,24,25). The molecule has 162 valence electrons. The Morgan fingerprint density at radius 1 is 0.852 bits per heavy atom. The summed E-state index contributed by atoms with van der Waals surface area (Å²) in [6, 6.07) is 0. The number of ketones is 1. The van der Waals surface area contributed by atoms with E-state index in [9.17, 15) is 14.5 Å². The van der Waals surface area contributed by atoms with Gasteiger partial charge in [0.15, 0.2) is 11.9 Å². The van der Waals surface area contributed by atoms with Gasteiger partial charge in [0.2, 0.25) is 0 Å². The van der Waals surface area contributed by atoms with Crippen LogP contribution in [-0.4, -0.2) is 44.6 Å². The smallest absolute Gasteiger partial charge is 0.394 e. The lowest BCUT2D eigenvalue weighted by Gasteiger charge is -2.20. The van der Waals surface area contributed by atoms with Crippen LogP contribution in [0.15, 0.2) is 0 Å². The lowest BCUT2D eigenvalue weighted by Crippen LogP contribution is -2.38. The van der Waals surface area contributed by atoms with Gasteiger partial charge in [-0.1, -0.05) is 84.0 Å². The molecule has 0 saturated heterocycles. The van der Waals surface area contributed by atoms with Crippen LogP contribution in [0.2, 0.25) is 0 Å². The largest absolute Gasteiger partial charge is 0.470 e. The molecule has 27 heavy (non-hydrogen) atoms. The highest BCUT2D eigenvalue weighted by Crippen LogP contribution is 2.38. The second-order valence-corrected chi connectivity index (χ2v) is 8.42. The molecule has 0 aromatic carbocycles. The zero-order chi connectivity index (χ0) is 20.5. The maximum absolute atomic E-state index is 12.0. The Morgan fingerprint density at radius 3 is 1.63 bits per heavy atom. The van der Waals surface area contributed by atoms with Crippen molar-refractivity contribution in [2.24, 2.45) is 0 Å². The molecule has 0 rings (SSSR count). The van der Waals surface area contributed by atoms with E-state index in [0.29, 0.717) is 6.42 Å². The number of aliphatic hydroxyl groups is 2. The normalized spacial score (nSPS) is 14.3. The lowest BCUT2D eigenvalue weighted by molar-refractivity contribution is -0.133. The fourth-order valence-corrected chi connectivity index (χ4v) is 3.60. The quantitative estimate of drug-likeness (QED) is 0.188. The van der Waals surface area contributed by atoms with Crippen molar-refractivity contribution in [2.75, 3.05) is 6.61 Å². The average molecular weight is 410 g/mol. The third-order valence-corrected chi connectivity index (χ3v) is 5.13. The fraction of sp³-hybridized carbons (Fsp3) is 0.947. The number of Topliss-reactive ketones (excluding diaryl/α,β-unsaturated/α-hetero) is 1. The van der Waals surface area contributed by atoms with Gasteiger partial charge in [-0.25, -0.2) is 4.57 Å². The maximum Gasteiger partial charge on any atom is 0.470 e. The van der Waals surface area contributed by atoms with E-state index in [0.717, 1.165) is 19.3 Å². The summed E-state index contributed by atoms with van der Waals surface area (Å²) in [5, 5.41) is 18.4. The number of phosphoric ester groups is 1. The average Bonchev–Trinajstić information content (AvgIpc) is 2.62. The molecule has 0 aliphatic rings. The van der Waals surface area contributed by atoms with Gasteiger partial charge in [0.1, 0.15) is 6.10 Å². The second-order valence-electron chi connectivity index (χ2n) is 7.23. The third-order valence-electron chi connectivity index (χ3n) is 4.63. The first-order valence-corrected chi connectivity index (χ1v) is 11.9. The van der Waals surface area contributed by atoms with Crippen molar-refractivity contribution in [2.45, 2.75) is 109 Å². The van der Waals surface area contributed by atoms with Gasteiger partial charge in [0, 0.05) is 6.42 Å². The number of carbonyl (C=O) groups is 1. The molecule has 0 aromatic rings. The molecular weight excluding hydrogens is 371 g/mol. The number of hydrogen-bond acceptors (Lipinski definition) is 5. The Bertz CT molecular complexity index is 411. The molecule has 4 N–H and O–H groups in total. The van der Waals surface area contributed by atoms with Crippen molar-refractivity contribution in [3.63, 3.8) is 0 Å². The van der Waals surface area contributed by atoms with Crippen molar-refractivity contribution in [1.82, 2.24) is 0 Å². The van der Waals surface area contributed by atoms with E-state index in [1.807, 2.05) is 0 Å². The summed E-state index contributed by atoms with van der Waals surface area (Å²) in [6.07, 6.45) is 12.0. The van der Waals surface area contributed by atoms with Crippen LogP contribution in [0.5, 0.6) is 0 Å². The van der Waals surface area contributed by atoms with E-state index in [-0.39, 0.29) is 6.42 Å². The van der Waals surface area contributed by atoms with E-state index >= 15 is 0 Å². The Labute approximate surface area is 163 Å². The SMILES string of the molecule is CCCCCCCCCCCCCCCC(=O)C(OP(=O)(O)O)C(O)CO. The van der Waals surface area contributed by atoms with Gasteiger partial charge in [-0.15, -0.1) is 0 Å². The molecule has 0 amide bonds. The van der Waals surface area contributed by atoms with E-state index in [1.165, 1.54) is 57.8 Å². The first kappa shape index (κ1) is 26.7. The first-order valence-electron chi connectivity index (χ1n) is 10.4. The molecule has 8 heteroatoms. The van der Waals surface area contributed by atoms with E-state index in [1.54, 1.807) is 0 Å². The summed E-state index contributed by atoms with van der Waals surface area (Å²) in [4.78, 5) is 29.6. The summed E-state index contributed by atoms with van der Waals surface area (Å²) in [5.41, 5.74) is 0. The monoisotopic (exact) mass is 410 g/mol. The van der Waals surface area contributed by atoms with Crippen LogP contribution in [0, 0.1) is 0 Å². The van der Waals surface area contributed by atoms with Crippen molar-refractivity contribution in [3.8, 4) is 0 Å². The highest BCUT2D eigenvalue weighted by Gasteiger charge is 2.33. The molecule has 0 fully saturated rings. The minimum absolute atomic E-state index is 0.0689. The van der Waals surface area contributed by atoms with Gasteiger partial charge in [0.05, 0.1) is 6.61 Å². The van der Waals surface area contributed by atoms with Gasteiger partial charge in [-0.05, 0) is 6.42 Å². The highest BCUT2D eigenvalue weighted by atomic mass is 31.2. The predicted octanol–water partition coefficient (Wildman–Crippen LogP) is 3.87. The molecule has 0 aromatic heterocycles. The van der Waals surface area contributed by atoms with Gasteiger partial charge in [-0.2, -0.15) is 0 Å². The van der Waals surface area contributed by atoms with Crippen LogP contribution < -0.4 is 0 Å². The topological polar surface area (TPSA) is 124 Å². The molecule has 0 aliphatic carbocycles. The molecule has 0 spiro atoms. The highest BCUT2D eigenvalue weighted by molar-refractivity contribution is 7.46. The molecule has 7 nitrogen and oxygen atoms in total. The van der Waals surface area contributed by atoms with E-state index in [2.05, 4.69) is 11.4 Å². The second kappa shape index (κ2) is 16.6. The van der Waals surface area contributed by atoms with Gasteiger partial charge < -0.3 is 20.0 Å². The van der Waals surface area contributed by atoms with Crippen molar-refractivity contribution in [1.29, 1.82) is 0 Å². The predicted molar refractivity (Wildman–Crippen MR) is 105 cm³/mol. The number of phosphoric acid groups is 1. The van der Waals surface area contributed by atoms with Gasteiger partial charge in [-0.3, -0.25) is 9.32 Å². The minimum atomic E-state index is -4.91.